The highest BCUT2D eigenvalue weighted by Gasteiger charge is 2.12. The Kier molecular flexibility index (Phi) is 5.62. The van der Waals surface area contributed by atoms with E-state index in [4.69, 9.17) is 0 Å². The lowest BCUT2D eigenvalue weighted by molar-refractivity contribution is 0.389. The Hall–Kier alpha value is -0.900. The first-order chi connectivity index (χ1) is 8.06. The van der Waals surface area contributed by atoms with Crippen LogP contribution in [-0.2, 0) is 6.42 Å². The molecule has 0 saturated carbocycles. The van der Waals surface area contributed by atoms with Crippen LogP contribution < -0.4 is 5.32 Å². The standard InChI is InChI=1S/C13H26N4/c1-10(2)12(14-5)7-6-8-13-15-9-16-17(13)11(3)4/h9-12,14H,6-8H2,1-5H3. The highest BCUT2D eigenvalue weighted by Crippen LogP contribution is 2.12. The van der Waals surface area contributed by atoms with Crippen molar-refractivity contribution < 1.29 is 0 Å². The van der Waals surface area contributed by atoms with Gasteiger partial charge in [-0.15, -0.1) is 0 Å². The van der Waals surface area contributed by atoms with Crippen molar-refractivity contribution in [3.05, 3.63) is 12.2 Å². The summed E-state index contributed by atoms with van der Waals surface area (Å²) in [5.74, 6) is 1.79. The summed E-state index contributed by atoms with van der Waals surface area (Å²) in [7, 11) is 2.04. The molecule has 4 nitrogen and oxygen atoms in total. The van der Waals surface area contributed by atoms with E-state index >= 15 is 0 Å². The van der Waals surface area contributed by atoms with Crippen molar-refractivity contribution >= 4 is 0 Å². The molecule has 1 unspecified atom stereocenters. The second-order valence-electron chi connectivity index (χ2n) is 5.25. The second kappa shape index (κ2) is 6.74. The summed E-state index contributed by atoms with van der Waals surface area (Å²) < 4.78 is 2.02. The van der Waals surface area contributed by atoms with Crippen molar-refractivity contribution in [1.29, 1.82) is 0 Å². The van der Waals surface area contributed by atoms with Gasteiger partial charge in [0, 0.05) is 18.5 Å². The molecular weight excluding hydrogens is 212 g/mol. The van der Waals surface area contributed by atoms with E-state index in [2.05, 4.69) is 43.1 Å². The van der Waals surface area contributed by atoms with Gasteiger partial charge in [0.1, 0.15) is 12.2 Å². The lowest BCUT2D eigenvalue weighted by Crippen LogP contribution is -2.30. The number of aryl methyl sites for hydroxylation is 1. The maximum absolute atomic E-state index is 4.34. The van der Waals surface area contributed by atoms with Gasteiger partial charge in [-0.3, -0.25) is 0 Å². The summed E-state index contributed by atoms with van der Waals surface area (Å²) in [5, 5.41) is 7.63. The summed E-state index contributed by atoms with van der Waals surface area (Å²) in [5.41, 5.74) is 0. The molecule has 0 spiro atoms. The van der Waals surface area contributed by atoms with Gasteiger partial charge in [-0.1, -0.05) is 13.8 Å². The molecule has 0 aliphatic heterocycles. The first-order valence-electron chi connectivity index (χ1n) is 6.62. The molecule has 0 bridgehead atoms. The molecule has 0 aromatic carbocycles. The molecule has 4 heteroatoms. The van der Waals surface area contributed by atoms with E-state index in [1.54, 1.807) is 6.33 Å². The third-order valence-electron chi connectivity index (χ3n) is 3.23. The monoisotopic (exact) mass is 238 g/mol. The molecule has 1 atom stereocenters. The molecule has 1 aromatic rings. The van der Waals surface area contributed by atoms with Gasteiger partial charge in [0.15, 0.2) is 0 Å². The average Bonchev–Trinajstić information content (AvgIpc) is 2.72. The summed E-state index contributed by atoms with van der Waals surface area (Å²) in [6.07, 6.45) is 5.03. The van der Waals surface area contributed by atoms with Gasteiger partial charge in [0.05, 0.1) is 0 Å². The largest absolute Gasteiger partial charge is 0.317 e. The van der Waals surface area contributed by atoms with Crippen LogP contribution in [0.2, 0.25) is 0 Å². The summed E-state index contributed by atoms with van der Waals surface area (Å²) >= 11 is 0. The summed E-state index contributed by atoms with van der Waals surface area (Å²) in [4.78, 5) is 4.34. The van der Waals surface area contributed by atoms with Crippen molar-refractivity contribution in [3.63, 3.8) is 0 Å². The first-order valence-corrected chi connectivity index (χ1v) is 6.62. The Morgan fingerprint density at radius 3 is 2.53 bits per heavy atom. The minimum atomic E-state index is 0.401. The first kappa shape index (κ1) is 14.2. The molecule has 1 aromatic heterocycles. The van der Waals surface area contributed by atoms with Crippen LogP contribution in [0.3, 0.4) is 0 Å². The Morgan fingerprint density at radius 1 is 1.29 bits per heavy atom. The summed E-state index contributed by atoms with van der Waals surface area (Å²) in [6.45, 7) is 8.81. The number of hydrogen-bond acceptors (Lipinski definition) is 3. The van der Waals surface area contributed by atoms with Crippen LogP contribution in [0.25, 0.3) is 0 Å². The molecule has 1 N–H and O–H groups in total. The van der Waals surface area contributed by atoms with Crippen LogP contribution in [0, 0.1) is 5.92 Å². The topological polar surface area (TPSA) is 42.7 Å². The van der Waals surface area contributed by atoms with Crippen molar-refractivity contribution in [2.75, 3.05) is 7.05 Å². The van der Waals surface area contributed by atoms with Crippen molar-refractivity contribution in [3.8, 4) is 0 Å². The van der Waals surface area contributed by atoms with Gasteiger partial charge in [-0.25, -0.2) is 9.67 Å². The van der Waals surface area contributed by atoms with Gasteiger partial charge in [0.2, 0.25) is 0 Å². The normalized spacial score (nSPS) is 13.6. The SMILES string of the molecule is CNC(CCCc1ncnn1C(C)C)C(C)C. The van der Waals surface area contributed by atoms with Gasteiger partial charge in [-0.05, 0) is 39.7 Å². The molecule has 0 aliphatic carbocycles. The maximum atomic E-state index is 4.34. The van der Waals surface area contributed by atoms with Gasteiger partial charge in [-0.2, -0.15) is 5.10 Å². The van der Waals surface area contributed by atoms with Gasteiger partial charge < -0.3 is 5.32 Å². The number of aromatic nitrogens is 3. The van der Waals surface area contributed by atoms with Crippen LogP contribution in [0.15, 0.2) is 6.33 Å². The Bertz CT molecular complexity index is 317. The number of rotatable bonds is 7. The van der Waals surface area contributed by atoms with Gasteiger partial charge >= 0.3 is 0 Å². The zero-order chi connectivity index (χ0) is 12.8. The molecular formula is C13H26N4. The van der Waals surface area contributed by atoms with E-state index in [0.717, 1.165) is 18.7 Å². The van der Waals surface area contributed by atoms with Crippen LogP contribution >= 0.6 is 0 Å². The van der Waals surface area contributed by atoms with Crippen molar-refractivity contribution in [1.82, 2.24) is 20.1 Å². The minimum Gasteiger partial charge on any atom is -0.317 e. The van der Waals surface area contributed by atoms with Crippen LogP contribution in [0.4, 0.5) is 0 Å². The second-order valence-corrected chi connectivity index (χ2v) is 5.25. The van der Waals surface area contributed by atoms with E-state index in [9.17, 15) is 0 Å². The lowest BCUT2D eigenvalue weighted by Gasteiger charge is -2.19. The molecule has 17 heavy (non-hydrogen) atoms. The average molecular weight is 238 g/mol. The van der Waals surface area contributed by atoms with E-state index in [-0.39, 0.29) is 0 Å². The maximum Gasteiger partial charge on any atom is 0.138 e. The van der Waals surface area contributed by atoms with E-state index in [1.807, 2.05) is 11.7 Å². The molecule has 1 heterocycles. The highest BCUT2D eigenvalue weighted by atomic mass is 15.3. The Morgan fingerprint density at radius 2 is 2.00 bits per heavy atom. The quantitative estimate of drug-likeness (QED) is 0.793. The van der Waals surface area contributed by atoms with Gasteiger partial charge in [0.25, 0.3) is 0 Å². The lowest BCUT2D eigenvalue weighted by atomic mass is 9.98. The Balaban J connectivity index is 2.42. The molecule has 0 aliphatic rings. The van der Waals surface area contributed by atoms with Crippen LogP contribution in [0.1, 0.15) is 52.4 Å². The van der Waals surface area contributed by atoms with Crippen LogP contribution in [0.5, 0.6) is 0 Å². The molecule has 0 radical (unpaired) electrons. The minimum absolute atomic E-state index is 0.401. The fourth-order valence-corrected chi connectivity index (χ4v) is 2.18. The fraction of sp³-hybridized carbons (Fsp3) is 0.846. The predicted octanol–water partition coefficient (Wildman–Crippen LogP) is 2.43. The summed E-state index contributed by atoms with van der Waals surface area (Å²) in [6, 6.07) is 1.00. The molecule has 0 saturated heterocycles. The van der Waals surface area contributed by atoms with E-state index in [0.29, 0.717) is 18.0 Å². The van der Waals surface area contributed by atoms with Crippen molar-refractivity contribution in [2.24, 2.45) is 5.92 Å². The van der Waals surface area contributed by atoms with E-state index < -0.39 is 0 Å². The van der Waals surface area contributed by atoms with Crippen molar-refractivity contribution in [2.45, 2.75) is 59.0 Å². The molecule has 0 amide bonds. The Labute approximate surface area is 105 Å². The number of nitrogens with one attached hydrogen (secondary N) is 1. The zero-order valence-electron chi connectivity index (χ0n) is 11.8. The molecule has 98 valence electrons. The van der Waals surface area contributed by atoms with E-state index in [1.165, 1.54) is 6.42 Å². The highest BCUT2D eigenvalue weighted by molar-refractivity contribution is 4.87. The third kappa shape index (κ3) is 4.11. The predicted molar refractivity (Wildman–Crippen MR) is 71.0 cm³/mol. The fourth-order valence-electron chi connectivity index (χ4n) is 2.18. The number of nitrogens with zero attached hydrogens (tertiary/aromatic N) is 3. The smallest absolute Gasteiger partial charge is 0.138 e. The number of hydrogen-bond donors (Lipinski definition) is 1. The third-order valence-corrected chi connectivity index (χ3v) is 3.23. The molecule has 0 fully saturated rings. The molecule has 1 rings (SSSR count). The zero-order valence-corrected chi connectivity index (χ0v) is 11.8. The van der Waals surface area contributed by atoms with Crippen LogP contribution in [-0.4, -0.2) is 27.9 Å².